The Morgan fingerprint density at radius 2 is 1.68 bits per heavy atom. The van der Waals surface area contributed by atoms with E-state index in [0.29, 0.717) is 18.3 Å². The number of thiocarbonyl (C=S) groups is 1. The molecule has 0 aromatic rings. The van der Waals surface area contributed by atoms with Gasteiger partial charge in [-0.3, -0.25) is 15.0 Å². The number of ketones is 1. The lowest BCUT2D eigenvalue weighted by Crippen LogP contribution is -2.57. The summed E-state index contributed by atoms with van der Waals surface area (Å²) in [6, 6.07) is 0.218. The predicted molar refractivity (Wildman–Crippen MR) is 115 cm³/mol. The number of amides is 1. The van der Waals surface area contributed by atoms with Gasteiger partial charge < -0.3 is 11.1 Å². The van der Waals surface area contributed by atoms with Crippen LogP contribution >= 0.6 is 12.2 Å². The molecule has 4 fully saturated rings. The number of rotatable bonds is 10. The van der Waals surface area contributed by atoms with Crippen LogP contribution in [0.15, 0.2) is 5.10 Å². The largest absolute Gasteiger partial charge is 0.375 e. The van der Waals surface area contributed by atoms with Crippen LogP contribution in [-0.4, -0.2) is 28.6 Å². The molecule has 0 heterocycles. The van der Waals surface area contributed by atoms with Gasteiger partial charge in [0.05, 0.1) is 6.42 Å². The first-order valence-electron chi connectivity index (χ1n) is 10.9. The van der Waals surface area contributed by atoms with E-state index in [0.717, 1.165) is 37.5 Å². The first kappa shape index (κ1) is 21.2. The lowest BCUT2D eigenvalue weighted by molar-refractivity contribution is -0.121. The van der Waals surface area contributed by atoms with E-state index in [1.165, 1.54) is 32.1 Å². The summed E-state index contributed by atoms with van der Waals surface area (Å²) >= 11 is 4.80. The van der Waals surface area contributed by atoms with Gasteiger partial charge in [0.1, 0.15) is 11.5 Å². The van der Waals surface area contributed by atoms with Gasteiger partial charge in [0.15, 0.2) is 5.11 Å². The van der Waals surface area contributed by atoms with Gasteiger partial charge in [-0.15, -0.1) is 0 Å². The van der Waals surface area contributed by atoms with Crippen molar-refractivity contribution in [2.75, 3.05) is 0 Å². The highest BCUT2D eigenvalue weighted by atomic mass is 32.1. The summed E-state index contributed by atoms with van der Waals surface area (Å²) in [5, 5.41) is 7.28. The maximum absolute atomic E-state index is 12.9. The Balaban J connectivity index is 1.58. The van der Waals surface area contributed by atoms with Gasteiger partial charge in [0.25, 0.3) is 5.91 Å². The Hall–Kier alpha value is -1.50. The number of nitrogens with two attached hydrogens (primary N) is 1. The van der Waals surface area contributed by atoms with Crippen molar-refractivity contribution in [2.45, 2.75) is 83.6 Å². The standard InChI is InChI=1S/C21H34N4O2S/c1-2-3-4-5-6-17(26)12-18(24-25-21(22)28)20(27)23-19-15-8-13-7-14(10-15)11-16(19)9-13/h13-16,19H,2-12H2,1H3,(H,23,27)(H3,22,25,28). The molecule has 0 aliphatic heterocycles. The van der Waals surface area contributed by atoms with Crippen molar-refractivity contribution in [3.05, 3.63) is 0 Å². The molecule has 4 aliphatic rings. The first-order valence-corrected chi connectivity index (χ1v) is 11.3. The Bertz CT molecular complexity index is 606. The topological polar surface area (TPSA) is 96.6 Å². The van der Waals surface area contributed by atoms with E-state index in [4.69, 9.17) is 18.0 Å². The van der Waals surface area contributed by atoms with E-state index >= 15 is 0 Å². The van der Waals surface area contributed by atoms with Crippen molar-refractivity contribution in [3.8, 4) is 0 Å². The third-order valence-corrected chi connectivity index (χ3v) is 6.85. The fourth-order valence-electron chi connectivity index (χ4n) is 5.71. The number of carbonyl (C=O) groups excluding carboxylic acids is 2. The minimum Gasteiger partial charge on any atom is -0.375 e. The van der Waals surface area contributed by atoms with E-state index < -0.39 is 0 Å². The summed E-state index contributed by atoms with van der Waals surface area (Å²) in [4.78, 5) is 25.3. The van der Waals surface area contributed by atoms with Crippen LogP contribution in [0.5, 0.6) is 0 Å². The molecular formula is C21H34N4O2S. The average Bonchev–Trinajstić information content (AvgIpc) is 2.64. The quantitative estimate of drug-likeness (QED) is 0.224. The molecule has 28 heavy (non-hydrogen) atoms. The molecule has 0 aromatic carbocycles. The van der Waals surface area contributed by atoms with E-state index in [2.05, 4.69) is 22.8 Å². The smallest absolute Gasteiger partial charge is 0.268 e. The lowest BCUT2D eigenvalue weighted by Gasteiger charge is -2.54. The van der Waals surface area contributed by atoms with E-state index in [1.54, 1.807) is 0 Å². The van der Waals surface area contributed by atoms with Crippen molar-refractivity contribution >= 4 is 34.7 Å². The van der Waals surface area contributed by atoms with Crippen molar-refractivity contribution in [3.63, 3.8) is 0 Å². The molecule has 4 saturated carbocycles. The molecule has 6 nitrogen and oxygen atoms in total. The fourth-order valence-corrected chi connectivity index (χ4v) is 5.76. The maximum atomic E-state index is 12.9. The second-order valence-electron chi connectivity index (χ2n) is 8.99. The molecule has 0 radical (unpaired) electrons. The second kappa shape index (κ2) is 9.81. The number of Topliss-reactive ketones (excluding diaryl/α,β-unsaturated/α-hetero) is 1. The van der Waals surface area contributed by atoms with Gasteiger partial charge in [-0.1, -0.05) is 26.2 Å². The number of unbranched alkanes of at least 4 members (excludes halogenated alkanes) is 3. The SMILES string of the molecule is CCCCCCC(=O)CC(=NNC(N)=S)C(=O)NC1C2CC3CC(C2)CC1C3. The van der Waals surface area contributed by atoms with Gasteiger partial charge in [-0.05, 0) is 74.4 Å². The zero-order valence-electron chi connectivity index (χ0n) is 16.9. The Morgan fingerprint density at radius 3 is 2.25 bits per heavy atom. The summed E-state index contributed by atoms with van der Waals surface area (Å²) < 4.78 is 0. The monoisotopic (exact) mass is 406 g/mol. The number of hydrazone groups is 1. The normalized spacial score (nSPS) is 30.9. The third-order valence-electron chi connectivity index (χ3n) is 6.76. The first-order chi connectivity index (χ1) is 13.5. The number of carbonyl (C=O) groups is 2. The molecule has 0 atom stereocenters. The van der Waals surface area contributed by atoms with E-state index in [9.17, 15) is 9.59 Å². The molecule has 4 bridgehead atoms. The molecule has 7 heteroatoms. The van der Waals surface area contributed by atoms with Crippen LogP contribution in [0.1, 0.15) is 77.6 Å². The van der Waals surface area contributed by atoms with Crippen LogP contribution in [0.2, 0.25) is 0 Å². The average molecular weight is 407 g/mol. The Morgan fingerprint density at radius 1 is 1.04 bits per heavy atom. The molecule has 156 valence electrons. The van der Waals surface area contributed by atoms with E-state index in [-0.39, 0.29) is 35.0 Å². The van der Waals surface area contributed by atoms with E-state index in [1.807, 2.05) is 0 Å². The lowest BCUT2D eigenvalue weighted by atomic mass is 9.54. The number of nitrogens with one attached hydrogen (secondary N) is 2. The maximum Gasteiger partial charge on any atom is 0.268 e. The third kappa shape index (κ3) is 5.52. The zero-order valence-corrected chi connectivity index (χ0v) is 17.7. The Labute approximate surface area is 173 Å². The molecular weight excluding hydrogens is 372 g/mol. The predicted octanol–water partition coefficient (Wildman–Crippen LogP) is 3.05. The molecule has 0 spiro atoms. The van der Waals surface area contributed by atoms with Crippen LogP contribution < -0.4 is 16.5 Å². The van der Waals surface area contributed by atoms with Gasteiger partial charge >= 0.3 is 0 Å². The minimum absolute atomic E-state index is 0.00433. The fraction of sp³-hybridized carbons (Fsp3) is 0.810. The number of nitrogens with zero attached hydrogens (tertiary/aromatic N) is 1. The van der Waals surface area contributed by atoms with Gasteiger partial charge in [-0.2, -0.15) is 5.10 Å². The van der Waals surface area contributed by atoms with Crippen LogP contribution in [0.4, 0.5) is 0 Å². The highest BCUT2D eigenvalue weighted by molar-refractivity contribution is 7.80. The van der Waals surface area contributed by atoms with Crippen molar-refractivity contribution in [1.82, 2.24) is 10.7 Å². The minimum atomic E-state index is -0.247. The summed E-state index contributed by atoms with van der Waals surface area (Å²) in [6.45, 7) is 2.14. The summed E-state index contributed by atoms with van der Waals surface area (Å²) in [5.74, 6) is 2.65. The van der Waals surface area contributed by atoms with Gasteiger partial charge in [0, 0.05) is 12.5 Å². The molecule has 4 aliphatic carbocycles. The number of hydrogen-bond acceptors (Lipinski definition) is 4. The van der Waals surface area contributed by atoms with Crippen LogP contribution in [0.25, 0.3) is 0 Å². The van der Waals surface area contributed by atoms with Crippen molar-refractivity contribution in [1.29, 1.82) is 0 Å². The van der Waals surface area contributed by atoms with Crippen molar-refractivity contribution < 1.29 is 9.59 Å². The molecule has 0 aromatic heterocycles. The second-order valence-corrected chi connectivity index (χ2v) is 9.43. The van der Waals surface area contributed by atoms with Crippen LogP contribution in [0.3, 0.4) is 0 Å². The van der Waals surface area contributed by atoms with Crippen LogP contribution in [0, 0.1) is 23.7 Å². The van der Waals surface area contributed by atoms with Gasteiger partial charge in [-0.25, -0.2) is 0 Å². The van der Waals surface area contributed by atoms with Crippen LogP contribution in [-0.2, 0) is 9.59 Å². The molecule has 4 rings (SSSR count). The molecule has 0 unspecified atom stereocenters. The van der Waals surface area contributed by atoms with Crippen molar-refractivity contribution in [2.24, 2.45) is 34.5 Å². The molecule has 4 N–H and O–H groups in total. The Kier molecular flexibility index (Phi) is 7.43. The molecule has 1 amide bonds. The summed E-state index contributed by atoms with van der Waals surface area (Å²) in [7, 11) is 0. The van der Waals surface area contributed by atoms with Gasteiger partial charge in [0.2, 0.25) is 0 Å². The zero-order chi connectivity index (χ0) is 20.1. The molecule has 0 saturated heterocycles. The highest BCUT2D eigenvalue weighted by Crippen LogP contribution is 2.53. The number of hydrogen-bond donors (Lipinski definition) is 3. The summed E-state index contributed by atoms with van der Waals surface area (Å²) in [6.07, 6.45) is 11.0. The summed E-state index contributed by atoms with van der Waals surface area (Å²) in [5.41, 5.74) is 8.15. The highest BCUT2D eigenvalue weighted by Gasteiger charge is 2.48.